The van der Waals surface area contributed by atoms with Gasteiger partial charge >= 0.3 is 0 Å². The summed E-state index contributed by atoms with van der Waals surface area (Å²) < 4.78 is 28.3. The Morgan fingerprint density at radius 3 is 2.58 bits per heavy atom. The lowest BCUT2D eigenvalue weighted by Crippen LogP contribution is -2.40. The number of fused-ring (bicyclic) bond motifs is 1. The van der Waals surface area contributed by atoms with Crippen LogP contribution in [0.4, 0.5) is 5.69 Å². The van der Waals surface area contributed by atoms with E-state index in [1.165, 1.54) is 23.4 Å². The minimum Gasteiger partial charge on any atom is -0.492 e. The molecule has 0 bridgehead atoms. The number of nitrogens with two attached hydrogens (primary N) is 1. The summed E-state index contributed by atoms with van der Waals surface area (Å²) in [6.45, 7) is 3.55. The molecule has 1 aliphatic rings. The molecule has 0 amide bonds. The van der Waals surface area contributed by atoms with Crippen LogP contribution in [0.15, 0.2) is 53.4 Å². The number of hydrogen-bond acceptors (Lipinski definition) is 4. The largest absolute Gasteiger partial charge is 0.492 e. The third-order valence-electron chi connectivity index (χ3n) is 4.42. The van der Waals surface area contributed by atoms with E-state index in [9.17, 15) is 8.42 Å². The molecule has 0 spiro atoms. The van der Waals surface area contributed by atoms with E-state index in [0.717, 1.165) is 19.4 Å². The van der Waals surface area contributed by atoms with Crippen molar-refractivity contribution in [2.45, 2.75) is 30.7 Å². The van der Waals surface area contributed by atoms with Gasteiger partial charge in [-0.2, -0.15) is 0 Å². The van der Waals surface area contributed by atoms with E-state index in [0.29, 0.717) is 18.4 Å². The van der Waals surface area contributed by atoms with Crippen LogP contribution in [0, 0.1) is 0 Å². The number of nitrogens with zero attached hydrogens (tertiary/aromatic N) is 1. The third kappa shape index (κ3) is 3.71. The van der Waals surface area contributed by atoms with Crippen LogP contribution >= 0.6 is 0 Å². The highest BCUT2D eigenvalue weighted by Crippen LogP contribution is 2.30. The van der Waals surface area contributed by atoms with Gasteiger partial charge in [-0.3, -0.25) is 0 Å². The summed E-state index contributed by atoms with van der Waals surface area (Å²) in [6.07, 6.45) is 2.25. The molecule has 0 aliphatic carbocycles. The average molecular weight is 346 g/mol. The summed E-state index contributed by atoms with van der Waals surface area (Å²) in [5.74, 6) is 0.639. The van der Waals surface area contributed by atoms with E-state index in [1.54, 1.807) is 12.1 Å². The predicted octanol–water partition coefficient (Wildman–Crippen LogP) is 2.55. The van der Waals surface area contributed by atoms with Gasteiger partial charge in [-0.25, -0.2) is 13.6 Å². The van der Waals surface area contributed by atoms with Crippen LogP contribution < -0.4 is 14.8 Å². The van der Waals surface area contributed by atoms with Crippen LogP contribution in [0.3, 0.4) is 0 Å². The molecule has 1 heterocycles. The molecule has 1 unspecified atom stereocenters. The maximum atomic E-state index is 11.2. The van der Waals surface area contributed by atoms with Crippen molar-refractivity contribution in [1.82, 2.24) is 0 Å². The number of rotatable bonds is 5. The van der Waals surface area contributed by atoms with E-state index in [4.69, 9.17) is 9.88 Å². The molecule has 2 aromatic carbocycles. The topological polar surface area (TPSA) is 72.6 Å². The number of sulfonamides is 1. The molecule has 2 aromatic rings. The van der Waals surface area contributed by atoms with Crippen LogP contribution in [0.5, 0.6) is 5.75 Å². The van der Waals surface area contributed by atoms with Gasteiger partial charge in [0.1, 0.15) is 12.4 Å². The van der Waals surface area contributed by atoms with Gasteiger partial charge in [0.25, 0.3) is 0 Å². The first-order chi connectivity index (χ1) is 11.4. The highest BCUT2D eigenvalue weighted by Gasteiger charge is 2.22. The summed E-state index contributed by atoms with van der Waals surface area (Å²) in [5.41, 5.74) is 2.66. The highest BCUT2D eigenvalue weighted by molar-refractivity contribution is 7.89. The molecule has 24 heavy (non-hydrogen) atoms. The lowest BCUT2D eigenvalue weighted by atomic mass is 9.97. The Hall–Kier alpha value is -2.05. The fraction of sp³-hybridized carbons (Fsp3) is 0.333. The molecule has 1 aliphatic heterocycles. The second kappa shape index (κ2) is 6.83. The van der Waals surface area contributed by atoms with Crippen LogP contribution in [-0.4, -0.2) is 27.6 Å². The number of anilines is 1. The maximum absolute atomic E-state index is 11.2. The average Bonchev–Trinajstić information content (AvgIpc) is 2.56. The van der Waals surface area contributed by atoms with Gasteiger partial charge < -0.3 is 9.64 Å². The number of aryl methyl sites for hydroxylation is 1. The SMILES string of the molecule is CC1CCc2ccccc2N1CCOc1ccc(S(N)(=O)=O)cc1. The van der Waals surface area contributed by atoms with Crippen molar-refractivity contribution in [2.24, 2.45) is 5.14 Å². The number of para-hydroxylation sites is 1. The minimum absolute atomic E-state index is 0.0911. The number of ether oxygens (including phenoxy) is 1. The molecular weight excluding hydrogens is 324 g/mol. The monoisotopic (exact) mass is 346 g/mol. The second-order valence-corrected chi connectivity index (χ2v) is 7.64. The van der Waals surface area contributed by atoms with Crippen molar-refractivity contribution in [2.75, 3.05) is 18.1 Å². The van der Waals surface area contributed by atoms with Crippen molar-refractivity contribution in [1.29, 1.82) is 0 Å². The molecule has 0 aromatic heterocycles. The number of hydrogen-bond donors (Lipinski definition) is 1. The summed E-state index contributed by atoms with van der Waals surface area (Å²) in [6, 6.07) is 15.2. The van der Waals surface area contributed by atoms with Crippen LogP contribution in [0.1, 0.15) is 18.9 Å². The van der Waals surface area contributed by atoms with Crippen LogP contribution in [-0.2, 0) is 16.4 Å². The minimum atomic E-state index is -3.66. The third-order valence-corrected chi connectivity index (χ3v) is 5.35. The van der Waals surface area contributed by atoms with Gasteiger partial charge in [-0.1, -0.05) is 18.2 Å². The summed E-state index contributed by atoms with van der Waals surface area (Å²) in [7, 11) is -3.66. The van der Waals surface area contributed by atoms with E-state index in [-0.39, 0.29) is 4.90 Å². The zero-order chi connectivity index (χ0) is 17.2. The van der Waals surface area contributed by atoms with E-state index < -0.39 is 10.0 Å². The molecule has 0 saturated heterocycles. The molecule has 128 valence electrons. The Bertz CT molecular complexity index is 803. The molecular formula is C18H22N2O3S. The Morgan fingerprint density at radius 2 is 1.88 bits per heavy atom. The standard InChI is InChI=1S/C18H22N2O3S/c1-14-6-7-15-4-2-3-5-18(15)20(14)12-13-23-16-8-10-17(11-9-16)24(19,21)22/h2-5,8-11,14H,6-7,12-13H2,1H3,(H2,19,21,22). The van der Waals surface area contributed by atoms with Crippen LogP contribution in [0.25, 0.3) is 0 Å². The van der Waals surface area contributed by atoms with Gasteiger partial charge in [0.05, 0.1) is 11.4 Å². The van der Waals surface area contributed by atoms with Crippen molar-refractivity contribution in [3.63, 3.8) is 0 Å². The van der Waals surface area contributed by atoms with Gasteiger partial charge in [-0.05, 0) is 55.7 Å². The van der Waals surface area contributed by atoms with Gasteiger partial charge in [-0.15, -0.1) is 0 Å². The van der Waals surface area contributed by atoms with E-state index in [2.05, 4.69) is 36.1 Å². The lowest BCUT2D eigenvalue weighted by Gasteiger charge is -2.37. The molecule has 2 N–H and O–H groups in total. The first-order valence-corrected chi connectivity index (χ1v) is 9.60. The zero-order valence-electron chi connectivity index (χ0n) is 13.7. The molecule has 5 nitrogen and oxygen atoms in total. The van der Waals surface area contributed by atoms with Crippen molar-refractivity contribution >= 4 is 15.7 Å². The molecule has 0 fully saturated rings. The highest BCUT2D eigenvalue weighted by atomic mass is 32.2. The lowest BCUT2D eigenvalue weighted by molar-refractivity contribution is 0.317. The van der Waals surface area contributed by atoms with E-state index in [1.807, 2.05) is 0 Å². The molecule has 6 heteroatoms. The maximum Gasteiger partial charge on any atom is 0.238 e. The Balaban J connectivity index is 1.62. The number of benzene rings is 2. The number of primary sulfonamides is 1. The van der Waals surface area contributed by atoms with Crippen molar-refractivity contribution < 1.29 is 13.2 Å². The normalized spacial score (nSPS) is 17.4. The summed E-state index contributed by atoms with van der Waals surface area (Å²) in [4.78, 5) is 2.46. The van der Waals surface area contributed by atoms with Crippen LogP contribution in [0.2, 0.25) is 0 Å². The molecule has 0 saturated carbocycles. The van der Waals surface area contributed by atoms with Crippen molar-refractivity contribution in [3.05, 3.63) is 54.1 Å². The van der Waals surface area contributed by atoms with Gasteiger partial charge in [0, 0.05) is 11.7 Å². The smallest absolute Gasteiger partial charge is 0.238 e. The summed E-state index contributed by atoms with van der Waals surface area (Å²) >= 11 is 0. The van der Waals surface area contributed by atoms with E-state index >= 15 is 0 Å². The first-order valence-electron chi connectivity index (χ1n) is 8.05. The Morgan fingerprint density at radius 1 is 1.17 bits per heavy atom. The predicted molar refractivity (Wildman–Crippen MR) is 94.9 cm³/mol. The second-order valence-electron chi connectivity index (χ2n) is 6.07. The Kier molecular flexibility index (Phi) is 4.78. The van der Waals surface area contributed by atoms with Gasteiger partial charge in [0.2, 0.25) is 10.0 Å². The fourth-order valence-corrected chi connectivity index (χ4v) is 3.60. The Labute approximate surface area is 143 Å². The zero-order valence-corrected chi connectivity index (χ0v) is 14.5. The molecule has 1 atom stereocenters. The van der Waals surface area contributed by atoms with Crippen molar-refractivity contribution in [3.8, 4) is 5.75 Å². The quantitative estimate of drug-likeness (QED) is 0.903. The first kappa shape index (κ1) is 16.8. The van der Waals surface area contributed by atoms with Gasteiger partial charge in [0.15, 0.2) is 0 Å². The molecule has 3 rings (SSSR count). The fourth-order valence-electron chi connectivity index (χ4n) is 3.09. The summed E-state index contributed by atoms with van der Waals surface area (Å²) in [5, 5.41) is 5.09. The molecule has 0 radical (unpaired) electrons.